The molecule has 4 heteroatoms. The van der Waals surface area contributed by atoms with Gasteiger partial charge in [-0.15, -0.1) is 0 Å². The van der Waals surface area contributed by atoms with Crippen molar-refractivity contribution in [2.75, 3.05) is 0 Å². The van der Waals surface area contributed by atoms with Crippen molar-refractivity contribution in [3.63, 3.8) is 0 Å². The van der Waals surface area contributed by atoms with Gasteiger partial charge in [0.05, 0.1) is 0 Å². The van der Waals surface area contributed by atoms with Crippen molar-refractivity contribution in [2.24, 2.45) is 0 Å². The fourth-order valence-electron chi connectivity index (χ4n) is 0. The van der Waals surface area contributed by atoms with E-state index in [4.69, 9.17) is 10.1 Å². The van der Waals surface area contributed by atoms with Gasteiger partial charge in [0, 0.05) is 20.4 Å². The van der Waals surface area contributed by atoms with E-state index < -0.39 is 0 Å². The third-order valence-corrected chi connectivity index (χ3v) is 0.0373. The van der Waals surface area contributed by atoms with E-state index in [2.05, 4.69) is 4.89 Å². The Morgan fingerprint density at radius 3 is 2.00 bits per heavy atom. The van der Waals surface area contributed by atoms with Crippen LogP contribution in [0.1, 0.15) is 0 Å². The molecule has 0 heterocycles. The molecule has 0 fully saturated rings. The zero-order valence-corrected chi connectivity index (χ0v) is 3.63. The van der Waals surface area contributed by atoms with Crippen molar-refractivity contribution < 1.29 is 35.4 Å². The molecule has 34 valence electrons. The summed E-state index contributed by atoms with van der Waals surface area (Å²) in [5.74, 6) is 0. The minimum absolute atomic E-state index is 0. The van der Waals surface area contributed by atoms with Crippen LogP contribution in [-0.4, -0.2) is 11.7 Å². The van der Waals surface area contributed by atoms with Gasteiger partial charge in [0.1, 0.15) is 0 Å². The fourth-order valence-corrected chi connectivity index (χ4v) is 0. The number of hydrogen-bond donors (Lipinski definition) is 1. The van der Waals surface area contributed by atoms with Crippen molar-refractivity contribution in [2.45, 2.75) is 0 Å². The SMILES string of the molecule is O=[C-]OO.[Pd]. The summed E-state index contributed by atoms with van der Waals surface area (Å²) in [5, 5.41) is 6.95. The van der Waals surface area contributed by atoms with Gasteiger partial charge in [0.25, 0.3) is 0 Å². The van der Waals surface area contributed by atoms with Crippen molar-refractivity contribution in [3.8, 4) is 0 Å². The summed E-state index contributed by atoms with van der Waals surface area (Å²) in [6.45, 7) is 0.736. The average molecular weight is 167 g/mol. The van der Waals surface area contributed by atoms with Crippen LogP contribution in [0.5, 0.6) is 0 Å². The van der Waals surface area contributed by atoms with E-state index >= 15 is 0 Å². The van der Waals surface area contributed by atoms with Gasteiger partial charge in [-0.25, -0.2) is 5.26 Å². The first kappa shape index (κ1) is 8.92. The predicted molar refractivity (Wildman–Crippen MR) is 9.41 cm³/mol. The molecule has 0 radical (unpaired) electrons. The Morgan fingerprint density at radius 1 is 1.80 bits per heavy atom. The molecule has 0 unspecified atom stereocenters. The summed E-state index contributed by atoms with van der Waals surface area (Å²) in [6, 6.07) is 0. The first-order chi connectivity index (χ1) is 1.91. The average Bonchev–Trinajstić information content (AvgIpc) is 1.37. The maximum Gasteiger partial charge on any atom is 0 e. The molecule has 0 aliphatic rings. The quantitative estimate of drug-likeness (QED) is 0.249. The van der Waals surface area contributed by atoms with E-state index in [9.17, 15) is 0 Å². The Balaban J connectivity index is 0. The van der Waals surface area contributed by atoms with Crippen molar-refractivity contribution in [3.05, 3.63) is 0 Å². The van der Waals surface area contributed by atoms with Gasteiger partial charge in [-0.3, -0.25) is 0 Å². The minimum Gasteiger partial charge on any atom is -0.509 e. The monoisotopic (exact) mass is 167 g/mol. The zero-order valence-electron chi connectivity index (χ0n) is 2.08. The summed E-state index contributed by atoms with van der Waals surface area (Å²) < 4.78 is 0. The number of hydrogen-bond acceptors (Lipinski definition) is 3. The fraction of sp³-hybridized carbons (Fsp3) is 0. The molecule has 3 nitrogen and oxygen atoms in total. The van der Waals surface area contributed by atoms with E-state index in [-0.39, 0.29) is 20.4 Å². The molecule has 5 heavy (non-hydrogen) atoms. The van der Waals surface area contributed by atoms with Gasteiger partial charge in [-0.2, -0.15) is 0 Å². The molecular formula is CHO3Pd-. The molecule has 0 amide bonds. The summed E-state index contributed by atoms with van der Waals surface area (Å²) in [6.07, 6.45) is 0. The van der Waals surface area contributed by atoms with Crippen LogP contribution < -0.4 is 0 Å². The molecule has 0 aromatic heterocycles. The Morgan fingerprint density at radius 2 is 2.00 bits per heavy atom. The van der Waals surface area contributed by atoms with Gasteiger partial charge >= 0.3 is 0 Å². The van der Waals surface area contributed by atoms with Gasteiger partial charge in [-0.05, 0) is 6.47 Å². The van der Waals surface area contributed by atoms with Crippen molar-refractivity contribution in [1.29, 1.82) is 0 Å². The van der Waals surface area contributed by atoms with E-state index in [0.29, 0.717) is 0 Å². The maximum absolute atomic E-state index is 8.58. The molecule has 0 aliphatic heterocycles. The molecule has 0 spiro atoms. The number of carbonyl (C=O) groups excluding carboxylic acids is 1. The molecule has 1 N–H and O–H groups in total. The second-order valence-corrected chi connectivity index (χ2v) is 0.175. The Bertz CT molecular complexity index is 20.9. The predicted octanol–water partition coefficient (Wildman–Crippen LogP) is -0.459. The second-order valence-electron chi connectivity index (χ2n) is 0.175. The Kier molecular flexibility index (Phi) is 15.9. The zero-order chi connectivity index (χ0) is 3.41. The number of rotatable bonds is 1. The van der Waals surface area contributed by atoms with Crippen molar-refractivity contribution in [1.82, 2.24) is 0 Å². The van der Waals surface area contributed by atoms with Gasteiger partial charge in [0.2, 0.25) is 0 Å². The van der Waals surface area contributed by atoms with E-state index in [1.165, 1.54) is 0 Å². The minimum atomic E-state index is 0. The van der Waals surface area contributed by atoms with Crippen molar-refractivity contribution >= 4 is 6.47 Å². The van der Waals surface area contributed by atoms with Crippen LogP contribution in [-0.2, 0) is 30.1 Å². The Labute approximate surface area is 42.5 Å². The summed E-state index contributed by atoms with van der Waals surface area (Å²) in [7, 11) is 0. The molecule has 0 aromatic carbocycles. The first-order valence-corrected chi connectivity index (χ1v) is 0.591. The van der Waals surface area contributed by atoms with E-state index in [0.717, 1.165) is 6.47 Å². The summed E-state index contributed by atoms with van der Waals surface area (Å²) in [4.78, 5) is 11.3. The van der Waals surface area contributed by atoms with Gasteiger partial charge in [0.15, 0.2) is 0 Å². The van der Waals surface area contributed by atoms with Crippen LogP contribution in [0.3, 0.4) is 0 Å². The van der Waals surface area contributed by atoms with E-state index in [1.807, 2.05) is 0 Å². The Hall–Kier alpha value is 0.0923. The van der Waals surface area contributed by atoms with Crippen LogP contribution in [0.15, 0.2) is 0 Å². The van der Waals surface area contributed by atoms with Crippen LogP contribution >= 0.6 is 0 Å². The topological polar surface area (TPSA) is 46.5 Å². The third kappa shape index (κ3) is 15.0. The molecule has 0 saturated heterocycles. The van der Waals surface area contributed by atoms with Gasteiger partial charge < -0.3 is 9.68 Å². The summed E-state index contributed by atoms with van der Waals surface area (Å²) in [5.41, 5.74) is 0. The largest absolute Gasteiger partial charge is 0.509 e. The van der Waals surface area contributed by atoms with E-state index in [1.54, 1.807) is 0 Å². The molecule has 0 atom stereocenters. The third-order valence-electron chi connectivity index (χ3n) is 0.0373. The molecular weight excluding hydrogens is 166 g/mol. The molecule has 0 bridgehead atoms. The standard InChI is InChI=1S/CHO3.Pd/c2-1-4-3;/h3H;/q-1;. The molecule has 0 aromatic rings. The first-order valence-electron chi connectivity index (χ1n) is 0.591. The molecule has 0 rings (SSSR count). The normalized spacial score (nSPS) is 4.20. The smallest absolute Gasteiger partial charge is 0 e. The van der Waals surface area contributed by atoms with Gasteiger partial charge in [-0.1, -0.05) is 0 Å². The molecule has 0 saturated carbocycles. The van der Waals surface area contributed by atoms with Crippen LogP contribution in [0.4, 0.5) is 0 Å². The second kappa shape index (κ2) is 8.94. The maximum atomic E-state index is 8.58. The summed E-state index contributed by atoms with van der Waals surface area (Å²) >= 11 is 0. The van der Waals surface area contributed by atoms with Crippen LogP contribution in [0, 0.1) is 0 Å². The van der Waals surface area contributed by atoms with Crippen LogP contribution in [0.2, 0.25) is 0 Å². The van der Waals surface area contributed by atoms with Crippen LogP contribution in [0.25, 0.3) is 0 Å². The molecule has 0 aliphatic carbocycles.